The van der Waals surface area contributed by atoms with Gasteiger partial charge in [-0.3, -0.25) is 0 Å². The largest absolute Gasteiger partial charge is 0.250 e. The van der Waals surface area contributed by atoms with Crippen LogP contribution in [0.25, 0.3) is 28.9 Å². The van der Waals surface area contributed by atoms with Gasteiger partial charge in [-0.05, 0) is 31.0 Å². The molecule has 0 amide bonds. The van der Waals surface area contributed by atoms with E-state index in [1.807, 2.05) is 30.3 Å². The lowest BCUT2D eigenvalue weighted by atomic mass is 9.97. The van der Waals surface area contributed by atoms with E-state index in [4.69, 9.17) is 11.6 Å². The summed E-state index contributed by atoms with van der Waals surface area (Å²) in [6, 6.07) is 10.4. The van der Waals surface area contributed by atoms with Gasteiger partial charge in [-0.15, -0.1) is 0 Å². The molecule has 3 aromatic rings. The van der Waals surface area contributed by atoms with Crippen LogP contribution in [0.2, 0.25) is 5.02 Å². The molecule has 0 fully saturated rings. The molecule has 5 heteroatoms. The van der Waals surface area contributed by atoms with Crippen LogP contribution < -0.4 is 0 Å². The third kappa shape index (κ3) is 2.59. The summed E-state index contributed by atoms with van der Waals surface area (Å²) in [6.45, 7) is 0. The van der Waals surface area contributed by atoms with E-state index in [-0.39, 0.29) is 11.5 Å². The molecule has 118 valence electrons. The second kappa shape index (κ2) is 6.13. The van der Waals surface area contributed by atoms with Crippen molar-refractivity contribution < 1.29 is 4.39 Å². The molecule has 4 rings (SSSR count). The second-order valence-corrected chi connectivity index (χ2v) is 5.92. The SMILES string of the molecule is Fc1cccnc1-c1nc2c(c(-c3ccccc3Cl)n1)C=CCC2. The molecule has 24 heavy (non-hydrogen) atoms. The summed E-state index contributed by atoms with van der Waals surface area (Å²) in [7, 11) is 0. The van der Waals surface area contributed by atoms with E-state index in [1.165, 1.54) is 12.3 Å². The van der Waals surface area contributed by atoms with E-state index in [1.54, 1.807) is 6.07 Å². The summed E-state index contributed by atoms with van der Waals surface area (Å²) < 4.78 is 14.1. The zero-order valence-corrected chi connectivity index (χ0v) is 13.5. The number of pyridine rings is 1. The van der Waals surface area contributed by atoms with E-state index < -0.39 is 5.82 Å². The predicted molar refractivity (Wildman–Crippen MR) is 93.0 cm³/mol. The van der Waals surface area contributed by atoms with E-state index in [2.05, 4.69) is 21.0 Å². The number of allylic oxidation sites excluding steroid dienone is 1. The van der Waals surface area contributed by atoms with Crippen molar-refractivity contribution in [1.29, 1.82) is 0 Å². The molecule has 0 spiro atoms. The predicted octanol–water partition coefficient (Wildman–Crippen LogP) is 4.96. The quantitative estimate of drug-likeness (QED) is 0.663. The van der Waals surface area contributed by atoms with Gasteiger partial charge >= 0.3 is 0 Å². The van der Waals surface area contributed by atoms with Gasteiger partial charge in [0, 0.05) is 22.3 Å². The first-order valence-corrected chi connectivity index (χ1v) is 8.05. The van der Waals surface area contributed by atoms with Crippen molar-refractivity contribution >= 4 is 17.7 Å². The van der Waals surface area contributed by atoms with Crippen LogP contribution in [0.3, 0.4) is 0 Å². The molecular formula is C19H13ClFN3. The molecule has 0 radical (unpaired) electrons. The lowest BCUT2D eigenvalue weighted by Crippen LogP contribution is -2.07. The van der Waals surface area contributed by atoms with Crippen LogP contribution in [0.5, 0.6) is 0 Å². The molecule has 0 saturated carbocycles. The van der Waals surface area contributed by atoms with Crippen LogP contribution in [-0.2, 0) is 6.42 Å². The molecule has 3 nitrogen and oxygen atoms in total. The molecular weight excluding hydrogens is 325 g/mol. The van der Waals surface area contributed by atoms with E-state index in [0.29, 0.717) is 10.7 Å². The van der Waals surface area contributed by atoms with Crippen LogP contribution in [0.1, 0.15) is 17.7 Å². The average molecular weight is 338 g/mol. The highest BCUT2D eigenvalue weighted by Crippen LogP contribution is 2.34. The first-order chi connectivity index (χ1) is 11.7. The fourth-order valence-corrected chi connectivity index (χ4v) is 3.04. The van der Waals surface area contributed by atoms with Crippen molar-refractivity contribution in [2.45, 2.75) is 12.8 Å². The molecule has 1 aliphatic carbocycles. The topological polar surface area (TPSA) is 38.7 Å². The Morgan fingerprint density at radius 1 is 1.00 bits per heavy atom. The summed E-state index contributed by atoms with van der Waals surface area (Å²) >= 11 is 6.36. The average Bonchev–Trinajstić information content (AvgIpc) is 2.62. The summed E-state index contributed by atoms with van der Waals surface area (Å²) in [6.07, 6.45) is 7.32. The zero-order chi connectivity index (χ0) is 16.5. The Kier molecular flexibility index (Phi) is 3.82. The van der Waals surface area contributed by atoms with E-state index in [0.717, 1.165) is 29.7 Å². The number of hydrogen-bond donors (Lipinski definition) is 0. The molecule has 0 bridgehead atoms. The Hall–Kier alpha value is -2.59. The fourth-order valence-electron chi connectivity index (χ4n) is 2.82. The molecule has 1 aromatic carbocycles. The normalized spacial score (nSPS) is 12.9. The minimum absolute atomic E-state index is 0.156. The molecule has 0 atom stereocenters. The maximum atomic E-state index is 14.1. The maximum Gasteiger partial charge on any atom is 0.182 e. The zero-order valence-electron chi connectivity index (χ0n) is 12.7. The minimum atomic E-state index is -0.436. The van der Waals surface area contributed by atoms with Gasteiger partial charge in [0.05, 0.1) is 11.4 Å². The van der Waals surface area contributed by atoms with Gasteiger partial charge in [0.2, 0.25) is 0 Å². The third-order valence-electron chi connectivity index (χ3n) is 3.96. The number of aryl methyl sites for hydroxylation is 1. The third-order valence-corrected chi connectivity index (χ3v) is 4.29. The lowest BCUT2D eigenvalue weighted by Gasteiger charge is -2.16. The van der Waals surface area contributed by atoms with Gasteiger partial charge in [-0.1, -0.05) is 42.0 Å². The van der Waals surface area contributed by atoms with E-state index >= 15 is 0 Å². The minimum Gasteiger partial charge on any atom is -0.250 e. The van der Waals surface area contributed by atoms with Gasteiger partial charge in [0.1, 0.15) is 5.69 Å². The Labute approximate surface area is 143 Å². The summed E-state index contributed by atoms with van der Waals surface area (Å²) in [5.41, 5.74) is 3.50. The molecule has 0 aliphatic heterocycles. The van der Waals surface area contributed by atoms with Crippen LogP contribution in [-0.4, -0.2) is 15.0 Å². The van der Waals surface area contributed by atoms with Crippen LogP contribution in [0.4, 0.5) is 4.39 Å². The monoisotopic (exact) mass is 337 g/mol. The Bertz CT molecular complexity index is 953. The van der Waals surface area contributed by atoms with Crippen molar-refractivity contribution in [3.63, 3.8) is 0 Å². The number of halogens is 2. The number of fused-ring (bicyclic) bond motifs is 1. The Morgan fingerprint density at radius 3 is 2.71 bits per heavy atom. The van der Waals surface area contributed by atoms with Crippen molar-refractivity contribution in [2.24, 2.45) is 0 Å². The standard InChI is InChI=1S/C19H13ClFN3/c20-14-8-3-1-6-12(14)17-13-7-2-4-10-16(13)23-19(24-17)18-15(21)9-5-11-22-18/h1-3,5-9,11H,4,10H2. The molecule has 0 N–H and O–H groups in total. The summed E-state index contributed by atoms with van der Waals surface area (Å²) in [5, 5.41) is 0.602. The Balaban J connectivity index is 2.00. The first kappa shape index (κ1) is 15.0. The van der Waals surface area contributed by atoms with Crippen LogP contribution >= 0.6 is 11.6 Å². The molecule has 0 saturated heterocycles. The number of hydrogen-bond acceptors (Lipinski definition) is 3. The van der Waals surface area contributed by atoms with Crippen molar-refractivity contribution in [3.05, 3.63) is 70.8 Å². The molecule has 2 heterocycles. The van der Waals surface area contributed by atoms with Crippen molar-refractivity contribution in [1.82, 2.24) is 15.0 Å². The molecule has 2 aromatic heterocycles. The highest BCUT2D eigenvalue weighted by molar-refractivity contribution is 6.33. The second-order valence-electron chi connectivity index (χ2n) is 5.51. The van der Waals surface area contributed by atoms with Crippen LogP contribution in [0.15, 0.2) is 48.7 Å². The van der Waals surface area contributed by atoms with Crippen molar-refractivity contribution in [3.8, 4) is 22.8 Å². The summed E-state index contributed by atoms with van der Waals surface area (Å²) in [4.78, 5) is 13.3. The van der Waals surface area contributed by atoms with Gasteiger partial charge in [0.15, 0.2) is 11.6 Å². The van der Waals surface area contributed by atoms with Gasteiger partial charge < -0.3 is 0 Å². The Morgan fingerprint density at radius 2 is 1.88 bits per heavy atom. The lowest BCUT2D eigenvalue weighted by molar-refractivity contribution is 0.624. The smallest absolute Gasteiger partial charge is 0.182 e. The number of benzene rings is 1. The highest BCUT2D eigenvalue weighted by atomic mass is 35.5. The molecule has 1 aliphatic rings. The number of nitrogens with zero attached hydrogens (tertiary/aromatic N) is 3. The van der Waals surface area contributed by atoms with Gasteiger partial charge in [-0.25, -0.2) is 19.3 Å². The van der Waals surface area contributed by atoms with Crippen LogP contribution in [0, 0.1) is 5.82 Å². The van der Waals surface area contributed by atoms with E-state index in [9.17, 15) is 4.39 Å². The molecule has 0 unspecified atom stereocenters. The van der Waals surface area contributed by atoms with Gasteiger partial charge in [-0.2, -0.15) is 0 Å². The maximum absolute atomic E-state index is 14.1. The number of aromatic nitrogens is 3. The summed E-state index contributed by atoms with van der Waals surface area (Å²) in [5.74, 6) is -0.147. The van der Waals surface area contributed by atoms with Crippen molar-refractivity contribution in [2.75, 3.05) is 0 Å². The van der Waals surface area contributed by atoms with Gasteiger partial charge in [0.25, 0.3) is 0 Å². The number of rotatable bonds is 2. The highest BCUT2D eigenvalue weighted by Gasteiger charge is 2.20. The fraction of sp³-hybridized carbons (Fsp3) is 0.105. The first-order valence-electron chi connectivity index (χ1n) is 7.67.